The van der Waals surface area contributed by atoms with Crippen molar-refractivity contribution in [3.05, 3.63) is 69.9 Å². The molecule has 0 amide bonds. The molecular formula is C16H17BrFN. The first-order chi connectivity index (χ1) is 9.06. The fourth-order valence-corrected chi connectivity index (χ4v) is 2.51. The number of nitrogens with one attached hydrogen (secondary N) is 1. The van der Waals surface area contributed by atoms with Crippen LogP contribution in [-0.2, 0) is 0 Å². The molecule has 100 valence electrons. The lowest BCUT2D eigenvalue weighted by Gasteiger charge is -2.21. The summed E-state index contributed by atoms with van der Waals surface area (Å²) in [5.74, 6) is -0.198. The minimum Gasteiger partial charge on any atom is -0.304 e. The first-order valence-electron chi connectivity index (χ1n) is 6.33. The van der Waals surface area contributed by atoms with Gasteiger partial charge >= 0.3 is 0 Å². The molecule has 2 aromatic rings. The molecule has 19 heavy (non-hydrogen) atoms. The van der Waals surface area contributed by atoms with Crippen LogP contribution in [0.1, 0.15) is 37.1 Å². The quantitative estimate of drug-likeness (QED) is 0.835. The zero-order valence-electron chi connectivity index (χ0n) is 11.0. The summed E-state index contributed by atoms with van der Waals surface area (Å²) >= 11 is 3.48. The Morgan fingerprint density at radius 2 is 1.58 bits per heavy atom. The van der Waals surface area contributed by atoms with E-state index in [0.29, 0.717) is 0 Å². The number of hydrogen-bond acceptors (Lipinski definition) is 1. The van der Waals surface area contributed by atoms with Gasteiger partial charge in [-0.3, -0.25) is 0 Å². The molecule has 2 rings (SSSR count). The summed E-state index contributed by atoms with van der Waals surface area (Å²) in [5.41, 5.74) is 2.31. The smallest absolute Gasteiger partial charge is 0.123 e. The van der Waals surface area contributed by atoms with Crippen LogP contribution in [0.5, 0.6) is 0 Å². The van der Waals surface area contributed by atoms with Gasteiger partial charge < -0.3 is 5.32 Å². The van der Waals surface area contributed by atoms with Gasteiger partial charge in [-0.05, 0) is 49.2 Å². The average Bonchev–Trinajstić information content (AvgIpc) is 2.39. The predicted molar refractivity (Wildman–Crippen MR) is 80.5 cm³/mol. The molecule has 0 bridgehead atoms. The van der Waals surface area contributed by atoms with Crippen LogP contribution < -0.4 is 5.32 Å². The maximum Gasteiger partial charge on any atom is 0.123 e. The first-order valence-corrected chi connectivity index (χ1v) is 7.12. The highest BCUT2D eigenvalue weighted by Gasteiger charge is 2.11. The minimum atomic E-state index is -0.198. The standard InChI is InChI=1S/C16H17BrFN/c1-11(13-6-8-16(18)9-7-13)19-12(2)14-4-3-5-15(17)10-14/h3-12,19H,1-2H3/t11?,12-/m1/s1. The Balaban J connectivity index is 2.06. The molecule has 0 saturated carbocycles. The molecule has 0 heterocycles. The highest BCUT2D eigenvalue weighted by atomic mass is 79.9. The lowest BCUT2D eigenvalue weighted by Crippen LogP contribution is -2.22. The van der Waals surface area contributed by atoms with Crippen LogP contribution in [0, 0.1) is 5.82 Å². The molecule has 1 N–H and O–H groups in total. The van der Waals surface area contributed by atoms with Crippen molar-refractivity contribution in [3.63, 3.8) is 0 Å². The molecule has 0 aliphatic carbocycles. The molecule has 0 aliphatic rings. The number of rotatable bonds is 4. The van der Waals surface area contributed by atoms with Crippen LogP contribution in [-0.4, -0.2) is 0 Å². The largest absolute Gasteiger partial charge is 0.304 e. The molecule has 2 aromatic carbocycles. The Hall–Kier alpha value is -1.19. The third-order valence-electron chi connectivity index (χ3n) is 3.22. The average molecular weight is 322 g/mol. The van der Waals surface area contributed by atoms with Crippen LogP contribution in [0.4, 0.5) is 4.39 Å². The number of hydrogen-bond donors (Lipinski definition) is 1. The van der Waals surface area contributed by atoms with Crippen molar-refractivity contribution in [1.82, 2.24) is 5.32 Å². The van der Waals surface area contributed by atoms with E-state index >= 15 is 0 Å². The van der Waals surface area contributed by atoms with Gasteiger partial charge in [0.05, 0.1) is 0 Å². The molecule has 0 radical (unpaired) electrons. The van der Waals surface area contributed by atoms with Crippen LogP contribution in [0.3, 0.4) is 0 Å². The van der Waals surface area contributed by atoms with Crippen LogP contribution in [0.2, 0.25) is 0 Å². The van der Waals surface area contributed by atoms with Crippen molar-refractivity contribution in [2.24, 2.45) is 0 Å². The van der Waals surface area contributed by atoms with Gasteiger partial charge in [0, 0.05) is 16.6 Å². The lowest BCUT2D eigenvalue weighted by atomic mass is 10.0. The maximum absolute atomic E-state index is 12.9. The van der Waals surface area contributed by atoms with E-state index in [0.717, 1.165) is 10.0 Å². The second-order valence-corrected chi connectivity index (χ2v) is 5.63. The molecule has 2 atom stereocenters. The molecule has 0 aromatic heterocycles. The zero-order valence-corrected chi connectivity index (χ0v) is 12.6. The third-order valence-corrected chi connectivity index (χ3v) is 3.71. The summed E-state index contributed by atoms with van der Waals surface area (Å²) in [6.07, 6.45) is 0. The van der Waals surface area contributed by atoms with Crippen molar-refractivity contribution < 1.29 is 4.39 Å². The molecular weight excluding hydrogens is 305 g/mol. The van der Waals surface area contributed by atoms with Gasteiger partial charge in [0.1, 0.15) is 5.82 Å². The van der Waals surface area contributed by atoms with E-state index in [1.165, 1.54) is 17.7 Å². The number of benzene rings is 2. The van der Waals surface area contributed by atoms with Crippen LogP contribution >= 0.6 is 15.9 Å². The highest BCUT2D eigenvalue weighted by molar-refractivity contribution is 9.10. The fraction of sp³-hybridized carbons (Fsp3) is 0.250. The Morgan fingerprint density at radius 1 is 0.947 bits per heavy atom. The number of halogens is 2. The lowest BCUT2D eigenvalue weighted by molar-refractivity contribution is 0.493. The van der Waals surface area contributed by atoms with Gasteiger partial charge in [-0.15, -0.1) is 0 Å². The fourth-order valence-electron chi connectivity index (χ4n) is 2.09. The summed E-state index contributed by atoms with van der Waals surface area (Å²) < 4.78 is 14.0. The summed E-state index contributed by atoms with van der Waals surface area (Å²) in [4.78, 5) is 0. The molecule has 0 spiro atoms. The minimum absolute atomic E-state index is 0.176. The van der Waals surface area contributed by atoms with E-state index in [2.05, 4.69) is 47.2 Å². The van der Waals surface area contributed by atoms with Gasteiger partial charge in [-0.2, -0.15) is 0 Å². The highest BCUT2D eigenvalue weighted by Crippen LogP contribution is 2.22. The summed E-state index contributed by atoms with van der Waals surface area (Å²) in [6.45, 7) is 4.21. The topological polar surface area (TPSA) is 12.0 Å². The molecule has 0 fully saturated rings. The van der Waals surface area contributed by atoms with Gasteiger partial charge in [0.2, 0.25) is 0 Å². The van der Waals surface area contributed by atoms with E-state index in [1.54, 1.807) is 0 Å². The van der Waals surface area contributed by atoms with Gasteiger partial charge in [-0.25, -0.2) is 4.39 Å². The van der Waals surface area contributed by atoms with E-state index in [9.17, 15) is 4.39 Å². The molecule has 1 nitrogen and oxygen atoms in total. The summed E-state index contributed by atoms with van der Waals surface area (Å²) in [5, 5.41) is 3.52. The predicted octanol–water partition coefficient (Wildman–Crippen LogP) is 5.00. The second kappa shape index (κ2) is 6.31. The monoisotopic (exact) mass is 321 g/mol. The van der Waals surface area contributed by atoms with Crippen molar-refractivity contribution in [3.8, 4) is 0 Å². The normalized spacial score (nSPS) is 14.1. The Kier molecular flexibility index (Phi) is 4.72. The van der Waals surface area contributed by atoms with Gasteiger partial charge in [0.25, 0.3) is 0 Å². The molecule has 0 aliphatic heterocycles. The molecule has 1 unspecified atom stereocenters. The maximum atomic E-state index is 12.9. The van der Waals surface area contributed by atoms with E-state index in [4.69, 9.17) is 0 Å². The zero-order chi connectivity index (χ0) is 13.8. The van der Waals surface area contributed by atoms with Crippen LogP contribution in [0.15, 0.2) is 53.0 Å². The molecule has 3 heteroatoms. The van der Waals surface area contributed by atoms with Crippen molar-refractivity contribution >= 4 is 15.9 Å². The summed E-state index contributed by atoms with van der Waals surface area (Å²) in [7, 11) is 0. The second-order valence-electron chi connectivity index (χ2n) is 4.72. The van der Waals surface area contributed by atoms with Crippen molar-refractivity contribution in [2.45, 2.75) is 25.9 Å². The SMILES string of the molecule is CC(N[C@H](C)c1cccc(Br)c1)c1ccc(F)cc1. The van der Waals surface area contributed by atoms with E-state index in [1.807, 2.05) is 24.3 Å². The van der Waals surface area contributed by atoms with Gasteiger partial charge in [0.15, 0.2) is 0 Å². The summed E-state index contributed by atoms with van der Waals surface area (Å²) in [6, 6.07) is 15.3. The van der Waals surface area contributed by atoms with Crippen LogP contribution in [0.25, 0.3) is 0 Å². The first kappa shape index (κ1) is 14.2. The van der Waals surface area contributed by atoms with E-state index < -0.39 is 0 Å². The van der Waals surface area contributed by atoms with E-state index in [-0.39, 0.29) is 17.9 Å². The van der Waals surface area contributed by atoms with Crippen molar-refractivity contribution in [1.29, 1.82) is 0 Å². The molecule has 0 saturated heterocycles. The third kappa shape index (κ3) is 3.88. The Bertz CT molecular complexity index is 539. The Labute approximate surface area is 122 Å². The van der Waals surface area contributed by atoms with Gasteiger partial charge in [-0.1, -0.05) is 40.2 Å². The van der Waals surface area contributed by atoms with Crippen molar-refractivity contribution in [2.75, 3.05) is 0 Å². The Morgan fingerprint density at radius 3 is 2.21 bits per heavy atom.